The highest BCUT2D eigenvalue weighted by Gasteiger charge is 2.42. The van der Waals surface area contributed by atoms with E-state index in [1.54, 1.807) is 101 Å². The number of aliphatic hydroxyl groups excluding tert-OH is 1. The van der Waals surface area contributed by atoms with E-state index in [-0.39, 0.29) is 49.7 Å². The first-order chi connectivity index (χ1) is 63.6. The molecule has 40 heteroatoms. The Hall–Kier alpha value is -13.8. The standard InChI is InChI=1S/C94H124N18O21S/c1-50(2)37-65-88(127)109-79(51(3)4)92(131)107-73(47-113)90(129)108-74(91(130)98-53(7)81(96)120)48-134-49-77(117)100-66(38-55-21-13-11-14-22-55)82(121)102-68(41-58-31-35-62(114)36-32-58)84(123)106-72(44-78(118)119)87(126)105-70(42-61-45-97-64-28-20-19-27-63(61)64)85(124)103-67(39-56-23-17-18-24-56)83(122)104-69(40-57-29-33-60(34-30-57)59-25-15-12-16-26-59)89(128)110-80(52(5)6)94(133)112(10)54(8)93(132)111(9)46-76(116)99-71(43-75(95)115)86(125)101-65/h11-16,19-22,25-36,45,50-54,56,65-74,79-80,97,113-114H,17-18,23-24,37-44,46-49H2,1-10H3,(H2,95,115)(H2,96,120)(H,98,130)(H,99,116)(H,100,117)(H,101,125)(H,102,121)(H,103,124)(H,104,122)(H,105,126)(H,106,123)(H,107,131)(H,108,129)(H,109,127)(H,110,128)(H,118,119)/t53-,54-,65-,66-,67-,68-,69-,70-,71-,72-,73-,74-,79-,80-/m0/s1. The quantitative estimate of drug-likeness (QED) is 0.0400. The number of nitrogens with zero attached hydrogens (tertiary/aromatic N) is 2. The monoisotopic (exact) mass is 1870 g/mol. The van der Waals surface area contributed by atoms with Gasteiger partial charge in [-0.25, -0.2) is 0 Å². The Morgan fingerprint density at radius 1 is 0.478 bits per heavy atom. The van der Waals surface area contributed by atoms with E-state index >= 15 is 28.8 Å². The molecular weight excluding hydrogens is 1750 g/mol. The fourth-order valence-corrected chi connectivity index (χ4v) is 16.4. The van der Waals surface area contributed by atoms with Crippen molar-refractivity contribution in [3.63, 3.8) is 0 Å². The number of carboxylic acids is 1. The summed E-state index contributed by atoms with van der Waals surface area (Å²) in [6.07, 6.45) is 1.00. The zero-order valence-corrected chi connectivity index (χ0v) is 77.4. The number of likely N-dealkylation sites (N-methyl/N-ethyl adjacent to an activating group) is 2. The van der Waals surface area contributed by atoms with E-state index in [1.807, 2.05) is 42.5 Å². The summed E-state index contributed by atoms with van der Waals surface area (Å²) in [7, 11) is 2.49. The van der Waals surface area contributed by atoms with Crippen molar-refractivity contribution >= 4 is 129 Å². The first-order valence-electron chi connectivity index (χ1n) is 44.5. The van der Waals surface area contributed by atoms with Crippen LogP contribution in [0.3, 0.4) is 0 Å². The Kier molecular flexibility index (Phi) is 40.0. The molecule has 1 saturated carbocycles. The number of phenolic OH excluding ortho intramolecular Hbond substituents is 1. The molecule has 0 unspecified atom stereocenters. The zero-order chi connectivity index (χ0) is 98.3. The van der Waals surface area contributed by atoms with Gasteiger partial charge in [0, 0.05) is 62.6 Å². The van der Waals surface area contributed by atoms with E-state index in [4.69, 9.17) is 11.5 Å². The largest absolute Gasteiger partial charge is 0.508 e. The van der Waals surface area contributed by atoms with Crippen molar-refractivity contribution in [3.8, 4) is 16.9 Å². The van der Waals surface area contributed by atoms with E-state index in [0.717, 1.165) is 33.8 Å². The number of aliphatic hydroxyl groups is 1. The number of nitrogens with one attached hydrogen (secondary N) is 14. The fourth-order valence-electron chi connectivity index (χ4n) is 15.5. The maximum atomic E-state index is 15.6. The van der Waals surface area contributed by atoms with Gasteiger partial charge in [0.1, 0.15) is 90.3 Å². The van der Waals surface area contributed by atoms with Gasteiger partial charge in [-0.1, -0.05) is 182 Å². The van der Waals surface area contributed by atoms with Crippen LogP contribution >= 0.6 is 11.8 Å². The number of primary amides is 2. The third-order valence-electron chi connectivity index (χ3n) is 23.2. The van der Waals surface area contributed by atoms with Crippen LogP contribution in [0.15, 0.2) is 140 Å². The number of rotatable bonds is 23. The number of carboxylic acid groups (broad SMARTS) is 1. The predicted molar refractivity (Wildman–Crippen MR) is 496 cm³/mol. The Balaban J connectivity index is 1.19. The average Bonchev–Trinajstić information content (AvgIpc) is 1.71. The Bertz CT molecular complexity index is 5150. The van der Waals surface area contributed by atoms with E-state index in [1.165, 1.54) is 66.1 Å². The number of aromatic nitrogens is 1. The highest BCUT2D eigenvalue weighted by atomic mass is 32.2. The average molecular weight is 1870 g/mol. The van der Waals surface area contributed by atoms with Crippen LogP contribution in [-0.2, 0) is 112 Å². The molecule has 0 bridgehead atoms. The second-order valence-electron chi connectivity index (χ2n) is 35.0. The molecule has 21 N–H and O–H groups in total. The van der Waals surface area contributed by atoms with Crippen LogP contribution in [0.25, 0.3) is 22.0 Å². The smallest absolute Gasteiger partial charge is 0.305 e. The second kappa shape index (κ2) is 50.7. The number of H-pyrrole nitrogens is 1. The summed E-state index contributed by atoms with van der Waals surface area (Å²) < 4.78 is 0. The Morgan fingerprint density at radius 3 is 1.48 bits per heavy atom. The summed E-state index contributed by atoms with van der Waals surface area (Å²) in [6.45, 7) is 10.3. The van der Waals surface area contributed by atoms with E-state index in [0.29, 0.717) is 57.8 Å². The van der Waals surface area contributed by atoms with Crippen molar-refractivity contribution < 1.29 is 102 Å². The number of aromatic amines is 1. The predicted octanol–water partition coefficient (Wildman–Crippen LogP) is -0.0484. The van der Waals surface area contributed by atoms with E-state index in [9.17, 15) is 72.9 Å². The number of carbonyl (C=O) groups excluding carboxylic acids is 17. The summed E-state index contributed by atoms with van der Waals surface area (Å²) in [4.78, 5) is 264. The highest BCUT2D eigenvalue weighted by Crippen LogP contribution is 2.30. The molecule has 0 spiro atoms. The summed E-state index contributed by atoms with van der Waals surface area (Å²) in [6, 6.07) is 14.4. The summed E-state index contributed by atoms with van der Waals surface area (Å²) in [5.74, 6) is -22.3. The van der Waals surface area contributed by atoms with Crippen molar-refractivity contribution in [1.29, 1.82) is 0 Å². The number of nitrogens with two attached hydrogens (primary N) is 2. The number of aliphatic carboxylic acids is 1. The van der Waals surface area contributed by atoms with Gasteiger partial charge >= 0.3 is 5.97 Å². The van der Waals surface area contributed by atoms with Crippen LogP contribution in [0.5, 0.6) is 5.75 Å². The van der Waals surface area contributed by atoms with Crippen LogP contribution in [0, 0.1) is 23.7 Å². The number of thioether (sulfide) groups is 1. The van der Waals surface area contributed by atoms with E-state index in [2.05, 4.69) is 74.1 Å². The molecule has 1 aliphatic carbocycles. The molecule has 1 saturated heterocycles. The minimum absolute atomic E-state index is 0.00887. The van der Waals surface area contributed by atoms with E-state index < -0.39 is 247 Å². The minimum atomic E-state index is -2.06. The third-order valence-corrected chi connectivity index (χ3v) is 24.2. The maximum Gasteiger partial charge on any atom is 0.305 e. The fraction of sp³-hybridized carbons (Fsp3) is 0.468. The number of hydrogen-bond acceptors (Lipinski definition) is 21. The SMILES string of the molecule is CC(C)C[C@@H]1NC(=O)[C@H](CC(N)=O)NC(=O)CN(C)C(=O)[C@H](C)N(C)C(=O)[C@H](C(C)C)NC(=O)[C@H](Cc2ccc(-c3ccccc3)cc2)NC(=O)[C@H](CC2CCCC2)NC(=O)[C@H](Cc2c[nH]c3ccccc23)NC(=O)[C@H](CC(=O)O)NC(=O)[C@H](Cc2ccc(O)cc2)NC(=O)[C@H](Cc2ccccc2)NC(=O)CSC[C@@H](C(=O)N[C@@H](C)C(N)=O)NC(=O)[C@H](CO)NC(=O)[C@H](C(C)C)NC1=O. The van der Waals surface area contributed by atoms with Gasteiger partial charge in [-0.05, 0) is 102 Å². The van der Waals surface area contributed by atoms with Gasteiger partial charge in [0.05, 0.1) is 31.7 Å². The van der Waals surface area contributed by atoms with Gasteiger partial charge in [-0.2, -0.15) is 0 Å². The molecule has 134 heavy (non-hydrogen) atoms. The summed E-state index contributed by atoms with van der Waals surface area (Å²) in [5, 5.41) is 65.8. The molecule has 8 rings (SSSR count). The molecule has 2 heterocycles. The Morgan fingerprint density at radius 2 is 0.925 bits per heavy atom. The van der Waals surface area contributed by atoms with Crippen LogP contribution in [0.4, 0.5) is 0 Å². The first-order valence-corrected chi connectivity index (χ1v) is 45.7. The molecule has 39 nitrogen and oxygen atoms in total. The van der Waals surface area contributed by atoms with Gasteiger partial charge in [-0.3, -0.25) is 86.3 Å². The first kappa shape index (κ1) is 106. The van der Waals surface area contributed by atoms with Gasteiger partial charge in [-0.15, -0.1) is 11.8 Å². The van der Waals surface area contributed by atoms with Gasteiger partial charge in [0.2, 0.25) is 100 Å². The van der Waals surface area contributed by atoms with Crippen LogP contribution in [0.2, 0.25) is 0 Å². The molecule has 2 fully saturated rings. The number of amides is 17. The molecule has 17 amide bonds. The van der Waals surface area contributed by atoms with Crippen LogP contribution in [0.1, 0.15) is 129 Å². The second-order valence-corrected chi connectivity index (χ2v) is 36.0. The number of fused-ring (bicyclic) bond motifs is 1. The number of para-hydroxylation sites is 1. The molecule has 722 valence electrons. The molecule has 6 aromatic rings. The summed E-state index contributed by atoms with van der Waals surface area (Å²) in [5.41, 5.74) is 15.1. The van der Waals surface area contributed by atoms with Gasteiger partial charge in [0.25, 0.3) is 0 Å². The third kappa shape index (κ3) is 32.0. The van der Waals surface area contributed by atoms with Crippen molar-refractivity contribution in [1.82, 2.24) is 83.9 Å². The van der Waals surface area contributed by atoms with Crippen LogP contribution < -0.4 is 80.6 Å². The minimum Gasteiger partial charge on any atom is -0.508 e. The number of aromatic hydroxyl groups is 1. The molecular formula is C94H124N18O21S. The Labute approximate surface area is 780 Å². The van der Waals surface area contributed by atoms with Gasteiger partial charge in [0.15, 0.2) is 0 Å². The molecule has 5 aromatic carbocycles. The number of phenols is 1. The molecule has 14 atom stereocenters. The molecule has 1 aromatic heterocycles. The number of benzene rings is 5. The van der Waals surface area contributed by atoms with Crippen molar-refractivity contribution in [3.05, 3.63) is 162 Å². The lowest BCUT2D eigenvalue weighted by atomic mass is 9.95. The normalized spacial score (nSPS) is 23.7. The topological polar surface area (TPSA) is 599 Å². The van der Waals surface area contributed by atoms with Gasteiger partial charge < -0.3 is 111 Å². The summed E-state index contributed by atoms with van der Waals surface area (Å²) >= 11 is 0.706. The number of hydrogen-bond donors (Lipinski definition) is 19. The maximum absolute atomic E-state index is 15.6. The number of carbonyl (C=O) groups is 18. The van der Waals surface area contributed by atoms with Crippen molar-refractivity contribution in [2.75, 3.05) is 38.8 Å². The molecule has 2 aliphatic rings. The lowest BCUT2D eigenvalue weighted by Crippen LogP contribution is -2.61. The van der Waals surface area contributed by atoms with Crippen molar-refractivity contribution in [2.24, 2.45) is 35.1 Å². The lowest BCUT2D eigenvalue weighted by molar-refractivity contribution is -0.147. The van der Waals surface area contributed by atoms with Crippen LogP contribution in [-0.4, -0.2) is 260 Å². The highest BCUT2D eigenvalue weighted by molar-refractivity contribution is 8.00. The zero-order valence-electron chi connectivity index (χ0n) is 76.6. The molecule has 1 aliphatic heterocycles. The molecule has 0 radical (unpaired) electrons. The van der Waals surface area contributed by atoms with Crippen molar-refractivity contribution in [2.45, 2.75) is 217 Å². The lowest BCUT2D eigenvalue weighted by Gasteiger charge is -2.33.